The summed E-state index contributed by atoms with van der Waals surface area (Å²) in [7, 11) is -2.76. The van der Waals surface area contributed by atoms with E-state index in [0.717, 1.165) is 0 Å². The third-order valence-corrected chi connectivity index (χ3v) is 5.03. The van der Waals surface area contributed by atoms with Gasteiger partial charge in [0.25, 0.3) is 21.1 Å². The van der Waals surface area contributed by atoms with E-state index in [1.165, 1.54) is 23.9 Å². The third-order valence-electron chi connectivity index (χ3n) is 3.28. The fraction of sp³-hybridized carbons (Fsp3) is 0.214. The smallest absolute Gasteiger partial charge is 0.321 e. The number of sulfonamides is 1. The number of nitrogens with one attached hydrogen (secondary N) is 1. The van der Waals surface area contributed by atoms with E-state index in [9.17, 15) is 8.42 Å². The van der Waals surface area contributed by atoms with Crippen LogP contribution in [0.5, 0.6) is 6.01 Å². The first kappa shape index (κ1) is 19.3. The molecular weight excluding hydrogens is 417 g/mol. The molecular formula is C14H13Cl2N7O3S. The Labute approximate surface area is 164 Å². The lowest BCUT2D eigenvalue weighted by Crippen LogP contribution is -2.16. The van der Waals surface area contributed by atoms with Crippen molar-refractivity contribution >= 4 is 38.9 Å². The molecule has 1 N–H and O–H groups in total. The number of aromatic nitrogens is 6. The Morgan fingerprint density at radius 2 is 1.74 bits per heavy atom. The second-order valence-electron chi connectivity index (χ2n) is 5.22. The van der Waals surface area contributed by atoms with Crippen molar-refractivity contribution in [3.05, 3.63) is 39.9 Å². The molecule has 0 aliphatic rings. The van der Waals surface area contributed by atoms with E-state index in [0.29, 0.717) is 5.82 Å². The molecule has 0 aliphatic heterocycles. The van der Waals surface area contributed by atoms with Crippen LogP contribution in [0.3, 0.4) is 0 Å². The maximum Gasteiger partial charge on any atom is 0.321 e. The van der Waals surface area contributed by atoms with Gasteiger partial charge < -0.3 is 4.74 Å². The highest BCUT2D eigenvalue weighted by Gasteiger charge is 2.25. The monoisotopic (exact) mass is 429 g/mol. The zero-order valence-electron chi connectivity index (χ0n) is 14.3. The summed E-state index contributed by atoms with van der Waals surface area (Å²) >= 11 is 12.0. The summed E-state index contributed by atoms with van der Waals surface area (Å²) in [6, 6.07) is 4.67. The average Bonchev–Trinajstić information content (AvgIpc) is 3.00. The summed E-state index contributed by atoms with van der Waals surface area (Å²) in [6.07, 6.45) is 0. The van der Waals surface area contributed by atoms with Gasteiger partial charge in [-0.05, 0) is 26.0 Å². The second kappa shape index (κ2) is 7.25. The summed E-state index contributed by atoms with van der Waals surface area (Å²) < 4.78 is 33.7. The molecule has 0 bridgehead atoms. The topological polar surface area (TPSA) is 125 Å². The lowest BCUT2D eigenvalue weighted by atomic mass is 10.3. The number of hydrogen-bond donors (Lipinski definition) is 1. The maximum atomic E-state index is 12.6. The molecule has 2 heterocycles. The molecule has 3 rings (SSSR count). The first-order valence-corrected chi connectivity index (χ1v) is 9.62. The van der Waals surface area contributed by atoms with Gasteiger partial charge in [0.1, 0.15) is 11.6 Å². The normalized spacial score (nSPS) is 11.4. The summed E-state index contributed by atoms with van der Waals surface area (Å²) in [4.78, 5) is 16.1. The number of hydrogen-bond acceptors (Lipinski definition) is 8. The van der Waals surface area contributed by atoms with E-state index in [-0.39, 0.29) is 33.5 Å². The second-order valence-corrected chi connectivity index (χ2v) is 7.62. The van der Waals surface area contributed by atoms with Gasteiger partial charge in [-0.3, -0.25) is 4.72 Å². The van der Waals surface area contributed by atoms with E-state index in [4.69, 9.17) is 27.9 Å². The highest BCUT2D eigenvalue weighted by atomic mass is 35.5. The van der Waals surface area contributed by atoms with Crippen molar-refractivity contribution < 1.29 is 13.2 Å². The standard InChI is InChI=1S/C14H13Cl2N7O3S/c1-7-17-12(20-13(18-7)26-3)23-8(2)19-14(21-23)27(24,25)22-11-9(15)5-4-6-10(11)16/h4-6,22H,1-3H3. The van der Waals surface area contributed by atoms with Gasteiger partial charge in [-0.2, -0.15) is 28.1 Å². The predicted octanol–water partition coefficient (Wildman–Crippen LogP) is 2.19. The molecule has 13 heteroatoms. The van der Waals surface area contributed by atoms with Crippen molar-refractivity contribution in [3.8, 4) is 12.0 Å². The van der Waals surface area contributed by atoms with Crippen LogP contribution < -0.4 is 9.46 Å². The first-order chi connectivity index (χ1) is 12.7. The molecule has 27 heavy (non-hydrogen) atoms. The van der Waals surface area contributed by atoms with Crippen molar-refractivity contribution in [2.24, 2.45) is 0 Å². The molecule has 2 aromatic heterocycles. The number of nitrogens with zero attached hydrogens (tertiary/aromatic N) is 6. The zero-order chi connectivity index (χ0) is 19.8. The number of para-hydroxylation sites is 1. The maximum absolute atomic E-state index is 12.6. The van der Waals surface area contributed by atoms with Crippen LogP contribution in [0, 0.1) is 13.8 Å². The van der Waals surface area contributed by atoms with E-state index in [2.05, 4.69) is 29.8 Å². The van der Waals surface area contributed by atoms with Crippen molar-refractivity contribution in [2.75, 3.05) is 11.8 Å². The van der Waals surface area contributed by atoms with Crippen LogP contribution in [0.4, 0.5) is 5.69 Å². The van der Waals surface area contributed by atoms with Gasteiger partial charge in [0.15, 0.2) is 0 Å². The molecule has 0 atom stereocenters. The molecule has 0 saturated carbocycles. The number of benzene rings is 1. The number of anilines is 1. The molecule has 0 spiro atoms. The summed E-state index contributed by atoms with van der Waals surface area (Å²) in [5.74, 6) is 0.687. The van der Waals surface area contributed by atoms with Crippen LogP contribution in [0.1, 0.15) is 11.6 Å². The third kappa shape index (κ3) is 3.94. The van der Waals surface area contributed by atoms with Gasteiger partial charge in [-0.25, -0.2) is 4.98 Å². The van der Waals surface area contributed by atoms with Crippen molar-refractivity contribution in [3.63, 3.8) is 0 Å². The Hall–Kier alpha value is -2.50. The van der Waals surface area contributed by atoms with Gasteiger partial charge >= 0.3 is 6.01 Å². The molecule has 0 radical (unpaired) electrons. The van der Waals surface area contributed by atoms with Crippen LogP contribution >= 0.6 is 23.2 Å². The lowest BCUT2D eigenvalue weighted by Gasteiger charge is -2.08. The van der Waals surface area contributed by atoms with Crippen molar-refractivity contribution in [1.82, 2.24) is 29.7 Å². The van der Waals surface area contributed by atoms with Crippen LogP contribution in [0.15, 0.2) is 23.4 Å². The minimum absolute atomic E-state index is 0.0347. The first-order valence-electron chi connectivity index (χ1n) is 7.39. The fourth-order valence-corrected chi connectivity index (χ4v) is 3.70. The molecule has 0 fully saturated rings. The summed E-state index contributed by atoms with van der Waals surface area (Å²) in [6.45, 7) is 3.19. The number of aryl methyl sites for hydroxylation is 2. The Morgan fingerprint density at radius 3 is 2.37 bits per heavy atom. The van der Waals surface area contributed by atoms with Gasteiger partial charge in [-0.1, -0.05) is 29.3 Å². The van der Waals surface area contributed by atoms with Crippen LogP contribution in [-0.2, 0) is 10.0 Å². The van der Waals surface area contributed by atoms with E-state index >= 15 is 0 Å². The van der Waals surface area contributed by atoms with E-state index in [1.807, 2.05) is 0 Å². The number of rotatable bonds is 5. The minimum Gasteiger partial charge on any atom is -0.467 e. The van der Waals surface area contributed by atoms with Gasteiger partial charge in [0, 0.05) is 0 Å². The van der Waals surface area contributed by atoms with Crippen LogP contribution in [0.25, 0.3) is 5.95 Å². The molecule has 1 aromatic carbocycles. The van der Waals surface area contributed by atoms with Crippen LogP contribution in [-0.4, -0.2) is 45.2 Å². The van der Waals surface area contributed by atoms with Crippen molar-refractivity contribution in [1.29, 1.82) is 0 Å². The number of halogens is 2. The Balaban J connectivity index is 2.02. The molecule has 0 aliphatic carbocycles. The highest BCUT2D eigenvalue weighted by Crippen LogP contribution is 2.31. The Kier molecular flexibility index (Phi) is 5.18. The van der Waals surface area contributed by atoms with Gasteiger partial charge in [0.05, 0.1) is 22.8 Å². The molecule has 3 aromatic rings. The minimum atomic E-state index is -4.16. The molecule has 142 valence electrons. The van der Waals surface area contributed by atoms with Crippen molar-refractivity contribution in [2.45, 2.75) is 19.0 Å². The fourth-order valence-electron chi connectivity index (χ4n) is 2.07. The quantitative estimate of drug-likeness (QED) is 0.653. The Bertz CT molecular complexity index is 1100. The highest BCUT2D eigenvalue weighted by molar-refractivity contribution is 7.92. The number of ether oxygens (including phenoxy) is 1. The summed E-state index contributed by atoms with van der Waals surface area (Å²) in [5.41, 5.74) is 0.0347. The molecule has 0 unspecified atom stereocenters. The van der Waals surface area contributed by atoms with E-state index < -0.39 is 15.2 Å². The van der Waals surface area contributed by atoms with Gasteiger partial charge in [0.2, 0.25) is 0 Å². The molecule has 0 saturated heterocycles. The van der Waals surface area contributed by atoms with E-state index in [1.54, 1.807) is 19.9 Å². The van der Waals surface area contributed by atoms with Gasteiger partial charge in [-0.15, -0.1) is 5.10 Å². The molecule has 0 amide bonds. The SMILES string of the molecule is COc1nc(C)nc(-n2nc(S(=O)(=O)Nc3c(Cl)cccc3Cl)nc2C)n1. The number of methoxy groups -OCH3 is 1. The van der Waals surface area contributed by atoms with Crippen LogP contribution in [0.2, 0.25) is 10.0 Å². The largest absolute Gasteiger partial charge is 0.467 e. The predicted molar refractivity (Wildman–Crippen MR) is 98.0 cm³/mol. The zero-order valence-corrected chi connectivity index (χ0v) is 16.6. The lowest BCUT2D eigenvalue weighted by molar-refractivity contribution is 0.375. The Morgan fingerprint density at radius 1 is 1.07 bits per heavy atom. The molecule has 10 nitrogen and oxygen atoms in total. The average molecular weight is 430 g/mol. The summed E-state index contributed by atoms with van der Waals surface area (Å²) in [5, 5.41) is 3.77.